The van der Waals surface area contributed by atoms with Gasteiger partial charge in [0.15, 0.2) is 16.6 Å². The Morgan fingerprint density at radius 3 is 2.55 bits per heavy atom. The summed E-state index contributed by atoms with van der Waals surface area (Å²) in [6.07, 6.45) is 6.08. The van der Waals surface area contributed by atoms with Crippen molar-refractivity contribution < 1.29 is 19.0 Å². The largest absolute Gasteiger partial charge is 0.494 e. The van der Waals surface area contributed by atoms with Gasteiger partial charge in [0.05, 0.1) is 37.4 Å². The molecule has 0 atom stereocenters. The van der Waals surface area contributed by atoms with E-state index in [0.29, 0.717) is 58.0 Å². The Labute approximate surface area is 200 Å². The molecule has 0 saturated heterocycles. The van der Waals surface area contributed by atoms with E-state index in [1.54, 1.807) is 62.0 Å². The second-order valence-electron chi connectivity index (χ2n) is 7.10. The van der Waals surface area contributed by atoms with Crippen molar-refractivity contribution in [2.24, 2.45) is 0 Å². The lowest BCUT2D eigenvalue weighted by Gasteiger charge is -2.20. The summed E-state index contributed by atoms with van der Waals surface area (Å²) in [5, 5.41) is 1.10. The quantitative estimate of drug-likeness (QED) is 0.334. The number of hydrogen-bond acceptors (Lipinski definition) is 7. The van der Waals surface area contributed by atoms with E-state index in [4.69, 9.17) is 30.8 Å². The molecule has 33 heavy (non-hydrogen) atoms. The van der Waals surface area contributed by atoms with Crippen LogP contribution in [0.5, 0.6) is 17.2 Å². The number of aryl methyl sites for hydroxylation is 1. The number of thiazole rings is 1. The highest BCUT2D eigenvalue weighted by Crippen LogP contribution is 2.39. The number of benzene rings is 2. The third-order valence-electron chi connectivity index (χ3n) is 5.13. The number of halogens is 1. The van der Waals surface area contributed by atoms with E-state index >= 15 is 0 Å². The maximum absolute atomic E-state index is 13.6. The minimum absolute atomic E-state index is 0.198. The summed E-state index contributed by atoms with van der Waals surface area (Å²) in [5.41, 5.74) is 1.09. The summed E-state index contributed by atoms with van der Waals surface area (Å²) in [7, 11) is 4.68. The summed E-state index contributed by atoms with van der Waals surface area (Å²) < 4.78 is 18.9. The Balaban J connectivity index is 1.71. The SMILES string of the molecule is COc1ccc(C(=O)N(CCCn2ccnc2)c2nc3c(OC)ccc(Cl)c3s2)cc1OC. The Bertz CT molecular complexity index is 1260. The minimum Gasteiger partial charge on any atom is -0.494 e. The summed E-state index contributed by atoms with van der Waals surface area (Å²) in [4.78, 5) is 24.1. The van der Waals surface area contributed by atoms with Gasteiger partial charge in [-0.15, -0.1) is 0 Å². The zero-order valence-corrected chi connectivity index (χ0v) is 20.0. The molecule has 4 rings (SSSR count). The number of carbonyl (C=O) groups is 1. The molecule has 0 bridgehead atoms. The van der Waals surface area contributed by atoms with Crippen molar-refractivity contribution in [3.05, 3.63) is 59.6 Å². The number of imidazole rings is 1. The lowest BCUT2D eigenvalue weighted by Crippen LogP contribution is -2.32. The van der Waals surface area contributed by atoms with E-state index in [1.807, 2.05) is 10.8 Å². The first-order valence-corrected chi connectivity index (χ1v) is 11.4. The van der Waals surface area contributed by atoms with Gasteiger partial charge in [-0.1, -0.05) is 22.9 Å². The average Bonchev–Trinajstić information content (AvgIpc) is 3.52. The topological polar surface area (TPSA) is 78.7 Å². The monoisotopic (exact) mass is 486 g/mol. The molecule has 1 amide bonds. The highest BCUT2D eigenvalue weighted by Gasteiger charge is 2.24. The summed E-state index contributed by atoms with van der Waals surface area (Å²) in [5.74, 6) is 1.44. The fourth-order valence-electron chi connectivity index (χ4n) is 3.46. The molecule has 0 spiro atoms. The van der Waals surface area contributed by atoms with Gasteiger partial charge < -0.3 is 18.8 Å². The number of hydrogen-bond donors (Lipinski definition) is 0. The third-order valence-corrected chi connectivity index (χ3v) is 6.67. The Morgan fingerprint density at radius 1 is 1.09 bits per heavy atom. The van der Waals surface area contributed by atoms with Crippen molar-refractivity contribution in [2.75, 3.05) is 32.8 Å². The van der Waals surface area contributed by atoms with Crippen molar-refractivity contribution in [3.63, 3.8) is 0 Å². The van der Waals surface area contributed by atoms with Crippen LogP contribution in [-0.2, 0) is 6.54 Å². The molecule has 4 aromatic rings. The zero-order valence-electron chi connectivity index (χ0n) is 18.4. The van der Waals surface area contributed by atoms with Crippen molar-refractivity contribution in [2.45, 2.75) is 13.0 Å². The first kappa shape index (κ1) is 22.9. The molecule has 8 nitrogen and oxygen atoms in total. The lowest BCUT2D eigenvalue weighted by atomic mass is 10.1. The normalized spacial score (nSPS) is 10.9. The van der Waals surface area contributed by atoms with Crippen molar-refractivity contribution in [3.8, 4) is 17.2 Å². The van der Waals surface area contributed by atoms with Crippen LogP contribution in [0.3, 0.4) is 0 Å². The molecule has 2 heterocycles. The molecular weight excluding hydrogens is 464 g/mol. The Morgan fingerprint density at radius 2 is 1.85 bits per heavy atom. The van der Waals surface area contributed by atoms with Crippen LogP contribution in [0.25, 0.3) is 10.2 Å². The molecule has 0 saturated carbocycles. The van der Waals surface area contributed by atoms with Crippen LogP contribution in [0, 0.1) is 0 Å². The molecule has 0 radical (unpaired) electrons. The maximum Gasteiger partial charge on any atom is 0.260 e. The van der Waals surface area contributed by atoms with Gasteiger partial charge in [0.25, 0.3) is 5.91 Å². The second-order valence-corrected chi connectivity index (χ2v) is 8.49. The van der Waals surface area contributed by atoms with Gasteiger partial charge in [-0.25, -0.2) is 9.97 Å². The summed E-state index contributed by atoms with van der Waals surface area (Å²) in [6, 6.07) is 8.64. The van der Waals surface area contributed by atoms with Crippen LogP contribution in [0.4, 0.5) is 5.13 Å². The summed E-state index contributed by atoms with van der Waals surface area (Å²) in [6.45, 7) is 1.16. The first-order valence-electron chi connectivity index (χ1n) is 10.2. The number of amides is 1. The number of aromatic nitrogens is 3. The number of rotatable bonds is 9. The van der Waals surface area contributed by atoms with Gasteiger partial charge in [-0.2, -0.15) is 0 Å². The van der Waals surface area contributed by atoms with Crippen molar-refractivity contribution in [1.82, 2.24) is 14.5 Å². The van der Waals surface area contributed by atoms with Gasteiger partial charge in [0, 0.05) is 31.0 Å². The van der Waals surface area contributed by atoms with Gasteiger partial charge in [0.1, 0.15) is 11.3 Å². The standard InChI is InChI=1S/C23H23ClN4O4S/c1-30-17-7-5-15(13-19(17)32-3)22(29)28(11-4-10-27-12-9-25-14-27)23-26-20-18(31-2)8-6-16(24)21(20)33-23/h5-9,12-14H,4,10-11H2,1-3H3. The molecule has 0 aliphatic heterocycles. The van der Waals surface area contributed by atoms with E-state index in [2.05, 4.69) is 4.98 Å². The van der Waals surface area contributed by atoms with E-state index < -0.39 is 0 Å². The van der Waals surface area contributed by atoms with E-state index in [0.717, 1.165) is 4.70 Å². The highest BCUT2D eigenvalue weighted by atomic mass is 35.5. The zero-order chi connectivity index (χ0) is 23.4. The van der Waals surface area contributed by atoms with Crippen LogP contribution in [0.15, 0.2) is 49.1 Å². The first-order chi connectivity index (χ1) is 16.0. The molecule has 0 aliphatic rings. The number of methoxy groups -OCH3 is 3. The fourth-order valence-corrected chi connectivity index (χ4v) is 4.74. The Kier molecular flexibility index (Phi) is 7.00. The molecule has 2 aromatic carbocycles. The van der Waals surface area contributed by atoms with Crippen molar-refractivity contribution in [1.29, 1.82) is 0 Å². The number of carbonyl (C=O) groups excluding carboxylic acids is 1. The predicted molar refractivity (Wildman–Crippen MR) is 129 cm³/mol. The highest BCUT2D eigenvalue weighted by molar-refractivity contribution is 7.23. The average molecular weight is 487 g/mol. The minimum atomic E-state index is -0.198. The lowest BCUT2D eigenvalue weighted by molar-refractivity contribution is 0.0986. The number of ether oxygens (including phenoxy) is 3. The maximum atomic E-state index is 13.6. The van der Waals surface area contributed by atoms with Gasteiger partial charge in [-0.3, -0.25) is 9.69 Å². The number of fused-ring (bicyclic) bond motifs is 1. The van der Waals surface area contributed by atoms with Gasteiger partial charge >= 0.3 is 0 Å². The van der Waals surface area contributed by atoms with Crippen LogP contribution in [0.1, 0.15) is 16.8 Å². The number of nitrogens with zero attached hydrogens (tertiary/aromatic N) is 4. The van der Waals surface area contributed by atoms with E-state index in [9.17, 15) is 4.79 Å². The smallest absolute Gasteiger partial charge is 0.260 e. The summed E-state index contributed by atoms with van der Waals surface area (Å²) >= 11 is 7.77. The van der Waals surface area contributed by atoms with Crippen LogP contribution < -0.4 is 19.1 Å². The van der Waals surface area contributed by atoms with Crippen LogP contribution in [-0.4, -0.2) is 48.3 Å². The van der Waals surface area contributed by atoms with E-state index in [-0.39, 0.29) is 5.91 Å². The molecule has 0 aliphatic carbocycles. The van der Waals surface area contributed by atoms with Gasteiger partial charge in [-0.05, 0) is 36.8 Å². The molecule has 0 fully saturated rings. The predicted octanol–water partition coefficient (Wildman–Crippen LogP) is 4.91. The van der Waals surface area contributed by atoms with Crippen molar-refractivity contribution >= 4 is 44.2 Å². The van der Waals surface area contributed by atoms with E-state index in [1.165, 1.54) is 18.4 Å². The van der Waals surface area contributed by atoms with Crippen LogP contribution >= 0.6 is 22.9 Å². The molecule has 0 N–H and O–H groups in total. The van der Waals surface area contributed by atoms with Crippen LogP contribution in [0.2, 0.25) is 5.02 Å². The molecule has 2 aromatic heterocycles. The molecule has 172 valence electrons. The number of anilines is 1. The second kappa shape index (κ2) is 10.1. The molecular formula is C23H23ClN4O4S. The fraction of sp³-hybridized carbons (Fsp3) is 0.261. The molecule has 0 unspecified atom stereocenters. The third kappa shape index (κ3) is 4.74. The van der Waals surface area contributed by atoms with Gasteiger partial charge in [0.2, 0.25) is 0 Å². The molecule has 10 heteroatoms. The Hall–Kier alpha value is -3.30.